The number of rotatable bonds is 5. The van der Waals surface area contributed by atoms with Gasteiger partial charge in [-0.3, -0.25) is 4.79 Å². The van der Waals surface area contributed by atoms with Gasteiger partial charge in [-0.2, -0.15) is 4.72 Å². The van der Waals surface area contributed by atoms with Gasteiger partial charge in [0.2, 0.25) is 10.0 Å². The summed E-state index contributed by atoms with van der Waals surface area (Å²) in [5.41, 5.74) is 0. The summed E-state index contributed by atoms with van der Waals surface area (Å²) in [6.45, 7) is 3.30. The lowest BCUT2D eigenvalue weighted by Gasteiger charge is -2.13. The maximum absolute atomic E-state index is 12.0. The molecule has 0 saturated carbocycles. The third kappa shape index (κ3) is 3.79. The highest BCUT2D eigenvalue weighted by atomic mass is 79.9. The van der Waals surface area contributed by atoms with Gasteiger partial charge in [0.25, 0.3) is 0 Å². The van der Waals surface area contributed by atoms with Crippen molar-refractivity contribution in [1.29, 1.82) is 0 Å². The van der Waals surface area contributed by atoms with E-state index in [9.17, 15) is 13.2 Å². The molecule has 1 aromatic carbocycles. The largest absolute Gasteiger partial charge is 0.465 e. The molecule has 0 aliphatic rings. The zero-order valence-electron chi connectivity index (χ0n) is 10.0. The smallest absolute Gasteiger partial charge is 0.323 e. The number of hydrogen-bond acceptors (Lipinski definition) is 4. The minimum atomic E-state index is -3.75. The molecule has 7 heteroatoms. The van der Waals surface area contributed by atoms with Crippen LogP contribution in [0.15, 0.2) is 33.6 Å². The van der Waals surface area contributed by atoms with Crippen LogP contribution in [0.5, 0.6) is 0 Å². The van der Waals surface area contributed by atoms with Gasteiger partial charge in [0.1, 0.15) is 6.04 Å². The van der Waals surface area contributed by atoms with Crippen LogP contribution in [0.2, 0.25) is 0 Å². The maximum atomic E-state index is 12.0. The van der Waals surface area contributed by atoms with E-state index in [2.05, 4.69) is 20.7 Å². The second kappa shape index (κ2) is 6.31. The van der Waals surface area contributed by atoms with Crippen molar-refractivity contribution in [3.8, 4) is 0 Å². The van der Waals surface area contributed by atoms with E-state index in [1.54, 1.807) is 25.1 Å². The number of ether oxygens (including phenoxy) is 1. The summed E-state index contributed by atoms with van der Waals surface area (Å²) in [5, 5.41) is 0. The first-order valence-electron chi connectivity index (χ1n) is 5.32. The third-order valence-electron chi connectivity index (χ3n) is 2.10. The van der Waals surface area contributed by atoms with E-state index >= 15 is 0 Å². The molecule has 0 aliphatic heterocycles. The molecule has 18 heavy (non-hydrogen) atoms. The van der Waals surface area contributed by atoms with Gasteiger partial charge in [0.15, 0.2) is 0 Å². The Labute approximate surface area is 115 Å². The van der Waals surface area contributed by atoms with Crippen molar-refractivity contribution in [2.45, 2.75) is 24.8 Å². The Hall–Kier alpha value is -0.920. The highest BCUT2D eigenvalue weighted by Crippen LogP contribution is 2.21. The number of sulfonamides is 1. The number of benzene rings is 1. The van der Waals surface area contributed by atoms with Gasteiger partial charge < -0.3 is 4.74 Å². The van der Waals surface area contributed by atoms with Gasteiger partial charge in [0.05, 0.1) is 11.5 Å². The van der Waals surface area contributed by atoms with Gasteiger partial charge >= 0.3 is 5.97 Å². The fourth-order valence-corrected chi connectivity index (χ4v) is 3.47. The first-order chi connectivity index (χ1) is 8.38. The maximum Gasteiger partial charge on any atom is 0.323 e. The lowest BCUT2D eigenvalue weighted by atomic mass is 10.4. The number of hydrogen-bond donors (Lipinski definition) is 1. The predicted octanol–water partition coefficient (Wildman–Crippen LogP) is 1.68. The molecule has 0 saturated heterocycles. The number of carbonyl (C=O) groups is 1. The minimum Gasteiger partial charge on any atom is -0.465 e. The molecular formula is C11H14BrNO4S. The van der Waals surface area contributed by atoms with E-state index in [0.717, 1.165) is 0 Å². The summed E-state index contributed by atoms with van der Waals surface area (Å²) in [4.78, 5) is 11.5. The fourth-order valence-electron chi connectivity index (χ4n) is 1.27. The number of esters is 1. The molecule has 1 N–H and O–H groups in total. The molecule has 0 spiro atoms. The van der Waals surface area contributed by atoms with Gasteiger partial charge in [-0.05, 0) is 41.9 Å². The topological polar surface area (TPSA) is 72.5 Å². The standard InChI is InChI=1S/C11H14BrNO4S/c1-3-17-11(14)8(2)13-18(15,16)10-7-5-4-6-9(10)12/h4-8,13H,3H2,1-2H3. The molecule has 1 unspecified atom stereocenters. The molecule has 0 radical (unpaired) electrons. The van der Waals surface area contributed by atoms with E-state index in [1.165, 1.54) is 13.0 Å². The van der Waals surface area contributed by atoms with E-state index in [1.807, 2.05) is 0 Å². The Morgan fingerprint density at radius 1 is 1.44 bits per heavy atom. The van der Waals surface area contributed by atoms with Gasteiger partial charge in [-0.1, -0.05) is 12.1 Å². The van der Waals surface area contributed by atoms with Crippen LogP contribution in [0.4, 0.5) is 0 Å². The van der Waals surface area contributed by atoms with E-state index in [-0.39, 0.29) is 11.5 Å². The van der Waals surface area contributed by atoms with Crippen LogP contribution >= 0.6 is 15.9 Å². The summed E-state index contributed by atoms with van der Waals surface area (Å²) in [5.74, 6) is -0.604. The van der Waals surface area contributed by atoms with Crippen molar-refractivity contribution in [3.63, 3.8) is 0 Å². The Morgan fingerprint density at radius 3 is 2.61 bits per heavy atom. The third-order valence-corrected chi connectivity index (χ3v) is 4.65. The molecule has 1 atom stereocenters. The van der Waals surface area contributed by atoms with Gasteiger partial charge in [-0.25, -0.2) is 8.42 Å². The van der Waals surface area contributed by atoms with Gasteiger partial charge in [0, 0.05) is 4.47 Å². The van der Waals surface area contributed by atoms with Crippen molar-refractivity contribution in [3.05, 3.63) is 28.7 Å². The molecule has 0 aromatic heterocycles. The molecule has 0 amide bonds. The van der Waals surface area contributed by atoms with Crippen molar-refractivity contribution in [1.82, 2.24) is 4.72 Å². The molecule has 0 aliphatic carbocycles. The fraction of sp³-hybridized carbons (Fsp3) is 0.364. The second-order valence-corrected chi connectivity index (χ2v) is 6.06. The van der Waals surface area contributed by atoms with Crippen LogP contribution in [0.1, 0.15) is 13.8 Å². The summed E-state index contributed by atoms with van der Waals surface area (Å²) in [6, 6.07) is 5.45. The summed E-state index contributed by atoms with van der Waals surface area (Å²) < 4.78 is 31.5. The molecule has 0 bridgehead atoms. The zero-order valence-corrected chi connectivity index (χ0v) is 12.4. The molecule has 1 rings (SSSR count). The first kappa shape index (κ1) is 15.1. The van der Waals surface area contributed by atoms with E-state index < -0.39 is 22.0 Å². The van der Waals surface area contributed by atoms with E-state index in [4.69, 9.17) is 4.74 Å². The zero-order chi connectivity index (χ0) is 13.8. The SMILES string of the molecule is CCOC(=O)C(C)NS(=O)(=O)c1ccccc1Br. The Balaban J connectivity index is 2.90. The van der Waals surface area contributed by atoms with Crippen molar-refractivity contribution in [2.24, 2.45) is 0 Å². The Morgan fingerprint density at radius 2 is 2.06 bits per heavy atom. The van der Waals surface area contributed by atoms with Crippen molar-refractivity contribution < 1.29 is 17.9 Å². The molecular weight excluding hydrogens is 322 g/mol. The molecule has 0 fully saturated rings. The van der Waals surface area contributed by atoms with Gasteiger partial charge in [-0.15, -0.1) is 0 Å². The summed E-state index contributed by atoms with van der Waals surface area (Å²) >= 11 is 3.15. The van der Waals surface area contributed by atoms with Crippen LogP contribution in [-0.2, 0) is 19.6 Å². The minimum absolute atomic E-state index is 0.0844. The lowest BCUT2D eigenvalue weighted by molar-refractivity contribution is -0.144. The summed E-state index contributed by atoms with van der Waals surface area (Å²) in [6.07, 6.45) is 0. The molecule has 100 valence electrons. The summed E-state index contributed by atoms with van der Waals surface area (Å²) in [7, 11) is -3.75. The monoisotopic (exact) mass is 335 g/mol. The lowest BCUT2D eigenvalue weighted by Crippen LogP contribution is -2.39. The van der Waals surface area contributed by atoms with Crippen LogP contribution in [0.25, 0.3) is 0 Å². The molecule has 1 aromatic rings. The highest BCUT2D eigenvalue weighted by molar-refractivity contribution is 9.10. The van der Waals surface area contributed by atoms with Crippen LogP contribution in [0.3, 0.4) is 0 Å². The molecule has 5 nitrogen and oxygen atoms in total. The highest BCUT2D eigenvalue weighted by Gasteiger charge is 2.24. The van der Waals surface area contributed by atoms with Crippen LogP contribution < -0.4 is 4.72 Å². The number of halogens is 1. The quantitative estimate of drug-likeness (QED) is 0.831. The molecule has 0 heterocycles. The van der Waals surface area contributed by atoms with Crippen molar-refractivity contribution in [2.75, 3.05) is 6.61 Å². The van der Waals surface area contributed by atoms with Crippen LogP contribution in [0, 0.1) is 0 Å². The van der Waals surface area contributed by atoms with Crippen LogP contribution in [-0.4, -0.2) is 27.0 Å². The Bertz CT molecular complexity index is 530. The predicted molar refractivity (Wildman–Crippen MR) is 70.6 cm³/mol. The number of nitrogens with one attached hydrogen (secondary N) is 1. The normalized spacial score (nSPS) is 13.1. The van der Waals surface area contributed by atoms with E-state index in [0.29, 0.717) is 4.47 Å². The number of carbonyl (C=O) groups excluding carboxylic acids is 1. The average molecular weight is 336 g/mol. The second-order valence-electron chi connectivity index (χ2n) is 3.53. The average Bonchev–Trinajstić information content (AvgIpc) is 2.29. The first-order valence-corrected chi connectivity index (χ1v) is 7.59. The van der Waals surface area contributed by atoms with Crippen molar-refractivity contribution >= 4 is 31.9 Å². The Kier molecular flexibility index (Phi) is 5.30.